The summed E-state index contributed by atoms with van der Waals surface area (Å²) >= 11 is 0. The molecule has 2 aromatic rings. The zero-order valence-electron chi connectivity index (χ0n) is 18.9. The van der Waals surface area contributed by atoms with Crippen LogP contribution in [-0.2, 0) is 17.7 Å². The van der Waals surface area contributed by atoms with E-state index in [2.05, 4.69) is 32.6 Å². The molecule has 4 aliphatic heterocycles. The Morgan fingerprint density at radius 1 is 1.21 bits per heavy atom. The van der Waals surface area contributed by atoms with Crippen molar-refractivity contribution in [1.29, 1.82) is 0 Å². The van der Waals surface area contributed by atoms with Crippen LogP contribution in [0.25, 0.3) is 4.85 Å². The standard InChI is InChI=1S/C24H28N8O/c1-15-20(25)24(14-33-15)7-11-31(12-8-24)23-21(26-2)30-19-17(29-23)13-28-22(19)32-10-4-5-16-18(32)6-3-9-27-16/h3,6,9,15,20H,4-5,7-8,10-14,25H2,1H3/t15-,20+/m0/s1. The minimum atomic E-state index is 0.0321. The minimum absolute atomic E-state index is 0.0321. The van der Waals surface area contributed by atoms with Crippen LogP contribution in [0.5, 0.6) is 0 Å². The van der Waals surface area contributed by atoms with E-state index < -0.39 is 0 Å². The van der Waals surface area contributed by atoms with Crippen LogP contribution in [0.1, 0.15) is 43.3 Å². The van der Waals surface area contributed by atoms with E-state index in [1.54, 1.807) is 0 Å². The molecule has 6 heterocycles. The zero-order valence-corrected chi connectivity index (χ0v) is 18.9. The van der Waals surface area contributed by atoms with Crippen molar-refractivity contribution in [3.05, 3.63) is 46.8 Å². The number of amidine groups is 1. The van der Waals surface area contributed by atoms with Crippen LogP contribution in [0.2, 0.25) is 0 Å². The maximum atomic E-state index is 7.80. The van der Waals surface area contributed by atoms with Gasteiger partial charge in [0.05, 0.1) is 30.6 Å². The second-order valence-electron chi connectivity index (χ2n) is 9.53. The van der Waals surface area contributed by atoms with Gasteiger partial charge in [-0.25, -0.2) is 4.98 Å². The lowest BCUT2D eigenvalue weighted by Crippen LogP contribution is -2.50. The van der Waals surface area contributed by atoms with Gasteiger partial charge in [0.15, 0.2) is 11.7 Å². The number of nitrogens with two attached hydrogens (primary N) is 1. The number of hydrogen-bond acceptors (Lipinski definition) is 8. The van der Waals surface area contributed by atoms with Gasteiger partial charge >= 0.3 is 5.82 Å². The van der Waals surface area contributed by atoms with E-state index in [1.165, 1.54) is 0 Å². The SMILES string of the molecule is [C-]#[N+]c1nc2c(nc1N1CCC3(CC1)CO[C@@H](C)[C@H]3N)CN=C2N1CCCc2ncccc21. The molecular weight excluding hydrogens is 416 g/mol. The molecule has 0 radical (unpaired) electrons. The predicted molar refractivity (Wildman–Crippen MR) is 126 cm³/mol. The summed E-state index contributed by atoms with van der Waals surface area (Å²) in [7, 11) is 0. The number of anilines is 2. The van der Waals surface area contributed by atoms with Gasteiger partial charge in [-0.2, -0.15) is 0 Å². The largest absolute Gasteiger partial charge is 0.376 e. The summed E-state index contributed by atoms with van der Waals surface area (Å²) in [6, 6.07) is 4.10. The highest BCUT2D eigenvalue weighted by Gasteiger charge is 2.48. The molecule has 4 aliphatic rings. The van der Waals surface area contributed by atoms with Crippen LogP contribution < -0.4 is 15.5 Å². The maximum Gasteiger partial charge on any atom is 0.312 e. The molecule has 0 aromatic carbocycles. The van der Waals surface area contributed by atoms with Crippen LogP contribution in [0.3, 0.4) is 0 Å². The van der Waals surface area contributed by atoms with Crippen molar-refractivity contribution in [3.63, 3.8) is 0 Å². The fraction of sp³-hybridized carbons (Fsp3) is 0.542. The molecule has 0 saturated carbocycles. The summed E-state index contributed by atoms with van der Waals surface area (Å²) in [5, 5.41) is 0. The molecule has 2 aromatic heterocycles. The first-order chi connectivity index (χ1) is 16.1. The first kappa shape index (κ1) is 20.5. The van der Waals surface area contributed by atoms with E-state index in [0.717, 1.165) is 80.5 Å². The lowest BCUT2D eigenvalue weighted by Gasteiger charge is -2.41. The number of aromatic nitrogens is 3. The Labute approximate surface area is 193 Å². The van der Waals surface area contributed by atoms with Crippen molar-refractivity contribution in [3.8, 4) is 0 Å². The number of piperidine rings is 1. The molecule has 6 rings (SSSR count). The van der Waals surface area contributed by atoms with Crippen LogP contribution in [0, 0.1) is 12.0 Å². The molecule has 0 aliphatic carbocycles. The summed E-state index contributed by atoms with van der Waals surface area (Å²) < 4.78 is 5.85. The van der Waals surface area contributed by atoms with Gasteiger partial charge in [-0.15, -0.1) is 4.98 Å². The third kappa shape index (κ3) is 3.20. The maximum absolute atomic E-state index is 7.80. The first-order valence-electron chi connectivity index (χ1n) is 11.8. The highest BCUT2D eigenvalue weighted by atomic mass is 16.5. The number of aryl methyl sites for hydroxylation is 1. The third-order valence-electron chi connectivity index (χ3n) is 7.74. The first-order valence-corrected chi connectivity index (χ1v) is 11.8. The molecule has 0 amide bonds. The van der Waals surface area contributed by atoms with Crippen LogP contribution in [0.15, 0.2) is 23.3 Å². The van der Waals surface area contributed by atoms with E-state index in [4.69, 9.17) is 32.0 Å². The Balaban J connectivity index is 1.28. The normalized spacial score (nSPS) is 25.5. The number of ether oxygens (including phenoxy) is 1. The molecule has 33 heavy (non-hydrogen) atoms. The summed E-state index contributed by atoms with van der Waals surface area (Å²) in [4.78, 5) is 27.2. The fourth-order valence-electron chi connectivity index (χ4n) is 5.72. The highest BCUT2D eigenvalue weighted by Crippen LogP contribution is 2.43. The minimum Gasteiger partial charge on any atom is -0.376 e. The lowest BCUT2D eigenvalue weighted by atomic mass is 9.73. The number of nitrogens with zero attached hydrogens (tertiary/aromatic N) is 7. The predicted octanol–water partition coefficient (Wildman–Crippen LogP) is 2.47. The quantitative estimate of drug-likeness (QED) is 0.675. The number of hydrogen-bond donors (Lipinski definition) is 1. The van der Waals surface area contributed by atoms with Gasteiger partial charge in [0.25, 0.3) is 0 Å². The molecule has 1 spiro atoms. The molecule has 9 nitrogen and oxygen atoms in total. The molecule has 2 N–H and O–H groups in total. The van der Waals surface area contributed by atoms with Crippen molar-refractivity contribution in [1.82, 2.24) is 15.0 Å². The topological polar surface area (TPSA) is 97.1 Å². The molecule has 0 bridgehead atoms. The van der Waals surface area contributed by atoms with Gasteiger partial charge in [-0.1, -0.05) is 6.57 Å². The molecule has 2 atom stereocenters. The molecule has 0 unspecified atom stereocenters. The molecule has 2 saturated heterocycles. The highest BCUT2D eigenvalue weighted by molar-refractivity contribution is 6.11. The Bertz CT molecular complexity index is 1160. The average molecular weight is 445 g/mol. The van der Waals surface area contributed by atoms with Gasteiger partial charge in [-0.3, -0.25) is 9.98 Å². The van der Waals surface area contributed by atoms with E-state index in [9.17, 15) is 0 Å². The van der Waals surface area contributed by atoms with Crippen molar-refractivity contribution in [2.75, 3.05) is 36.0 Å². The number of fused-ring (bicyclic) bond motifs is 2. The van der Waals surface area contributed by atoms with Crippen molar-refractivity contribution >= 4 is 23.2 Å². The van der Waals surface area contributed by atoms with Gasteiger partial charge < -0.3 is 25.1 Å². The summed E-state index contributed by atoms with van der Waals surface area (Å²) in [5.41, 5.74) is 10.3. The summed E-state index contributed by atoms with van der Waals surface area (Å²) in [5.74, 6) is 1.84. The second kappa shape index (κ2) is 7.75. The Kier molecular flexibility index (Phi) is 4.82. The zero-order chi connectivity index (χ0) is 22.6. The Morgan fingerprint density at radius 2 is 2.06 bits per heavy atom. The monoisotopic (exact) mass is 444 g/mol. The number of pyridine rings is 1. The second-order valence-corrected chi connectivity index (χ2v) is 9.53. The Morgan fingerprint density at radius 3 is 2.82 bits per heavy atom. The number of rotatable bonds is 1. The van der Waals surface area contributed by atoms with Crippen LogP contribution >= 0.6 is 0 Å². The van der Waals surface area contributed by atoms with Gasteiger partial charge in [0.2, 0.25) is 5.69 Å². The van der Waals surface area contributed by atoms with Gasteiger partial charge in [0.1, 0.15) is 5.69 Å². The van der Waals surface area contributed by atoms with Gasteiger partial charge in [0, 0.05) is 37.3 Å². The van der Waals surface area contributed by atoms with Crippen molar-refractivity contribution in [2.24, 2.45) is 16.1 Å². The molecular formula is C24H28N8O. The van der Waals surface area contributed by atoms with Crippen molar-refractivity contribution < 1.29 is 4.74 Å². The lowest BCUT2D eigenvalue weighted by molar-refractivity contribution is 0.0974. The molecule has 9 heteroatoms. The summed E-state index contributed by atoms with van der Waals surface area (Å²) in [6.07, 6.45) is 5.79. The van der Waals surface area contributed by atoms with Crippen LogP contribution in [-0.4, -0.2) is 59.2 Å². The third-order valence-corrected chi connectivity index (χ3v) is 7.74. The van der Waals surface area contributed by atoms with Crippen molar-refractivity contribution in [2.45, 2.75) is 51.3 Å². The van der Waals surface area contributed by atoms with E-state index in [1.807, 2.05) is 12.3 Å². The van der Waals surface area contributed by atoms with Gasteiger partial charge in [-0.05, 0) is 44.7 Å². The van der Waals surface area contributed by atoms with E-state index >= 15 is 0 Å². The molecule has 170 valence electrons. The van der Waals surface area contributed by atoms with E-state index in [-0.39, 0.29) is 17.6 Å². The average Bonchev–Trinajstić information content (AvgIpc) is 3.39. The smallest absolute Gasteiger partial charge is 0.312 e. The van der Waals surface area contributed by atoms with E-state index in [0.29, 0.717) is 18.2 Å². The Hall–Kier alpha value is -3.09. The fourth-order valence-corrected chi connectivity index (χ4v) is 5.72. The van der Waals surface area contributed by atoms with Crippen LogP contribution in [0.4, 0.5) is 17.3 Å². The summed E-state index contributed by atoms with van der Waals surface area (Å²) in [6.45, 7) is 13.5. The molecule has 2 fully saturated rings. The number of aliphatic imine (C=N–C) groups is 1.